The number of hydrogen-bond donors (Lipinski definition) is 1. The van der Waals surface area contributed by atoms with Gasteiger partial charge in [0.2, 0.25) is 0 Å². The minimum Gasteiger partial charge on any atom is -0.491 e. The number of nitrogens with zero attached hydrogens (tertiary/aromatic N) is 4. The van der Waals surface area contributed by atoms with Gasteiger partial charge >= 0.3 is 0 Å². The van der Waals surface area contributed by atoms with E-state index in [0.29, 0.717) is 32.1 Å². The predicted molar refractivity (Wildman–Crippen MR) is 115 cm³/mol. The van der Waals surface area contributed by atoms with Crippen molar-refractivity contribution in [2.45, 2.75) is 12.5 Å². The average molecular weight is 453 g/mol. The Bertz CT molecular complexity index is 1320. The number of fused-ring (bicyclic) bond motifs is 3. The van der Waals surface area contributed by atoms with Crippen LogP contribution < -0.4 is 10.1 Å². The van der Waals surface area contributed by atoms with Gasteiger partial charge in [0.05, 0.1) is 35.6 Å². The molecule has 0 amide bonds. The van der Waals surface area contributed by atoms with Crippen molar-refractivity contribution in [1.82, 2.24) is 19.7 Å². The Hall–Kier alpha value is -3.37. The number of hydrogen-bond acceptors (Lipinski definition) is 7. The summed E-state index contributed by atoms with van der Waals surface area (Å²) in [5, 5.41) is 7.54. The first-order valence-electron chi connectivity index (χ1n) is 10.1. The van der Waals surface area contributed by atoms with Gasteiger partial charge in [-0.2, -0.15) is 5.10 Å². The van der Waals surface area contributed by atoms with Crippen LogP contribution >= 0.6 is 11.3 Å². The molecule has 1 fully saturated rings. The number of rotatable bonds is 4. The van der Waals surface area contributed by atoms with Gasteiger partial charge in [-0.15, -0.1) is 11.3 Å². The van der Waals surface area contributed by atoms with Gasteiger partial charge in [-0.1, -0.05) is 0 Å². The van der Waals surface area contributed by atoms with Crippen LogP contribution in [0.25, 0.3) is 27.0 Å². The van der Waals surface area contributed by atoms with E-state index in [1.807, 2.05) is 18.2 Å². The second-order valence-electron chi connectivity index (χ2n) is 7.58. The number of ether oxygens (including phenoxy) is 2. The summed E-state index contributed by atoms with van der Waals surface area (Å²) in [5.41, 5.74) is 1.98. The van der Waals surface area contributed by atoms with Crippen LogP contribution in [0.4, 0.5) is 14.6 Å². The van der Waals surface area contributed by atoms with E-state index < -0.39 is 11.6 Å². The van der Waals surface area contributed by atoms with E-state index in [-0.39, 0.29) is 11.7 Å². The molecule has 162 valence electrons. The van der Waals surface area contributed by atoms with E-state index in [4.69, 9.17) is 14.5 Å². The third kappa shape index (κ3) is 3.32. The van der Waals surface area contributed by atoms with E-state index in [9.17, 15) is 8.78 Å². The summed E-state index contributed by atoms with van der Waals surface area (Å²) in [6, 6.07) is 9.50. The maximum atomic E-state index is 14.4. The Labute approximate surface area is 185 Å². The van der Waals surface area contributed by atoms with E-state index in [1.54, 1.807) is 0 Å². The number of anilines is 1. The molecule has 0 spiro atoms. The SMILES string of the molecule is Fc1ccc(-n2ncnc2-c2cc3c(s2)-c2nc(NC4COC4)ccc2OCC3)c(F)c1. The zero-order valence-corrected chi connectivity index (χ0v) is 17.5. The van der Waals surface area contributed by atoms with Gasteiger partial charge < -0.3 is 14.8 Å². The molecule has 4 aromatic rings. The molecule has 0 radical (unpaired) electrons. The smallest absolute Gasteiger partial charge is 0.173 e. The monoisotopic (exact) mass is 453 g/mol. The molecule has 0 atom stereocenters. The second kappa shape index (κ2) is 7.64. The van der Waals surface area contributed by atoms with E-state index in [2.05, 4.69) is 15.4 Å². The van der Waals surface area contributed by atoms with Gasteiger partial charge in [0.15, 0.2) is 11.6 Å². The van der Waals surface area contributed by atoms with Gasteiger partial charge in [-0.05, 0) is 35.9 Å². The molecule has 2 aliphatic heterocycles. The highest BCUT2D eigenvalue weighted by Crippen LogP contribution is 2.43. The average Bonchev–Trinajstić information content (AvgIpc) is 3.35. The Morgan fingerprint density at radius 2 is 2.03 bits per heavy atom. The van der Waals surface area contributed by atoms with Crippen molar-refractivity contribution in [3.05, 3.63) is 59.9 Å². The lowest BCUT2D eigenvalue weighted by molar-refractivity contribution is 0.0209. The largest absolute Gasteiger partial charge is 0.491 e. The van der Waals surface area contributed by atoms with Crippen LogP contribution in [0.5, 0.6) is 5.75 Å². The van der Waals surface area contributed by atoms with Gasteiger partial charge in [0.1, 0.15) is 35.1 Å². The molecule has 0 saturated carbocycles. The number of aromatic nitrogens is 4. The summed E-state index contributed by atoms with van der Waals surface area (Å²) in [7, 11) is 0. The van der Waals surface area contributed by atoms with Gasteiger partial charge in [0, 0.05) is 12.5 Å². The van der Waals surface area contributed by atoms with Crippen molar-refractivity contribution in [3.8, 4) is 32.7 Å². The first kappa shape index (κ1) is 19.3. The summed E-state index contributed by atoms with van der Waals surface area (Å²) in [4.78, 5) is 11.0. The minimum atomic E-state index is -0.703. The molecule has 0 bridgehead atoms. The first-order valence-corrected chi connectivity index (χ1v) is 10.9. The van der Waals surface area contributed by atoms with E-state index in [1.165, 1.54) is 34.5 Å². The molecular weight excluding hydrogens is 436 g/mol. The minimum absolute atomic E-state index is 0.138. The number of benzene rings is 1. The maximum Gasteiger partial charge on any atom is 0.173 e. The molecule has 5 heterocycles. The number of nitrogens with one attached hydrogen (secondary N) is 1. The van der Waals surface area contributed by atoms with Crippen LogP contribution in [0, 0.1) is 11.6 Å². The topological polar surface area (TPSA) is 74.1 Å². The fourth-order valence-electron chi connectivity index (χ4n) is 3.77. The second-order valence-corrected chi connectivity index (χ2v) is 8.63. The highest BCUT2D eigenvalue weighted by molar-refractivity contribution is 7.19. The van der Waals surface area contributed by atoms with Gasteiger partial charge in [-0.3, -0.25) is 0 Å². The standard InChI is InChI=1S/C22H17F2N5O2S/c23-13-1-2-16(15(24)8-13)29-22(25-11-26-29)18-7-12-5-6-31-17-3-4-19(27-14-9-30-10-14)28-20(17)21(12)32-18/h1-4,7-8,11,14H,5-6,9-10H2,(H,27,28). The van der Waals surface area contributed by atoms with Crippen LogP contribution in [-0.2, 0) is 11.2 Å². The summed E-state index contributed by atoms with van der Waals surface area (Å²) < 4.78 is 40.3. The van der Waals surface area contributed by atoms with E-state index >= 15 is 0 Å². The van der Waals surface area contributed by atoms with Crippen molar-refractivity contribution in [3.63, 3.8) is 0 Å². The number of pyridine rings is 1. The Kier molecular flexibility index (Phi) is 4.62. The van der Waals surface area contributed by atoms with Crippen molar-refractivity contribution in [2.24, 2.45) is 0 Å². The molecule has 0 aliphatic carbocycles. The molecule has 7 nitrogen and oxygen atoms in total. The summed E-state index contributed by atoms with van der Waals surface area (Å²) in [5.74, 6) is 0.623. The zero-order chi connectivity index (χ0) is 21.7. The lowest BCUT2D eigenvalue weighted by Crippen LogP contribution is -2.40. The maximum absolute atomic E-state index is 14.4. The number of thiophene rings is 1. The summed E-state index contributed by atoms with van der Waals surface area (Å²) in [6.45, 7) is 1.86. The molecule has 10 heteroatoms. The fourth-order valence-corrected chi connectivity index (χ4v) is 4.96. The zero-order valence-electron chi connectivity index (χ0n) is 16.7. The van der Waals surface area contributed by atoms with Crippen LogP contribution in [0.1, 0.15) is 5.56 Å². The molecule has 6 rings (SSSR count). The van der Waals surface area contributed by atoms with Crippen molar-refractivity contribution in [2.75, 3.05) is 25.1 Å². The van der Waals surface area contributed by atoms with Crippen LogP contribution in [-0.4, -0.2) is 45.6 Å². The van der Waals surface area contributed by atoms with Crippen LogP contribution in [0.15, 0.2) is 42.7 Å². The highest BCUT2D eigenvalue weighted by Gasteiger charge is 2.25. The molecule has 0 unspecified atom stereocenters. The molecule has 1 aromatic carbocycles. The molecular formula is C22H17F2N5O2S. The van der Waals surface area contributed by atoms with Gasteiger partial charge in [-0.25, -0.2) is 23.4 Å². The Morgan fingerprint density at radius 1 is 1.12 bits per heavy atom. The Morgan fingerprint density at radius 3 is 2.84 bits per heavy atom. The molecule has 32 heavy (non-hydrogen) atoms. The van der Waals surface area contributed by atoms with Crippen molar-refractivity contribution in [1.29, 1.82) is 0 Å². The highest BCUT2D eigenvalue weighted by atomic mass is 32.1. The normalized spacial score (nSPS) is 15.3. The molecule has 2 aliphatic rings. The quantitative estimate of drug-likeness (QED) is 0.502. The van der Waals surface area contributed by atoms with E-state index in [0.717, 1.165) is 38.6 Å². The summed E-state index contributed by atoms with van der Waals surface area (Å²) >= 11 is 1.50. The molecule has 3 aromatic heterocycles. The predicted octanol–water partition coefficient (Wildman–Crippen LogP) is 4.08. The van der Waals surface area contributed by atoms with Crippen LogP contribution in [0.2, 0.25) is 0 Å². The number of halogens is 2. The third-order valence-corrected chi connectivity index (χ3v) is 6.59. The molecule has 1 N–H and O–H groups in total. The van der Waals surface area contributed by atoms with Crippen molar-refractivity contribution < 1.29 is 18.3 Å². The Balaban J connectivity index is 1.42. The van der Waals surface area contributed by atoms with Crippen molar-refractivity contribution >= 4 is 17.2 Å². The third-order valence-electron chi connectivity index (χ3n) is 5.41. The fraction of sp³-hybridized carbons (Fsp3) is 0.227. The van der Waals surface area contributed by atoms with Crippen LogP contribution in [0.3, 0.4) is 0 Å². The lowest BCUT2D eigenvalue weighted by atomic mass is 10.1. The first-order chi connectivity index (χ1) is 15.7. The van der Waals surface area contributed by atoms with Gasteiger partial charge in [0.25, 0.3) is 0 Å². The lowest BCUT2D eigenvalue weighted by Gasteiger charge is -2.27. The summed E-state index contributed by atoms with van der Waals surface area (Å²) in [6.07, 6.45) is 2.07. The molecule has 1 saturated heterocycles.